The van der Waals surface area contributed by atoms with Crippen LogP contribution in [0.1, 0.15) is 47.5 Å². The number of hydrogen-bond acceptors (Lipinski definition) is 4. The normalized spacial score (nSPS) is 24.6. The van der Waals surface area contributed by atoms with Gasteiger partial charge in [-0.05, 0) is 45.6 Å². The van der Waals surface area contributed by atoms with Crippen molar-refractivity contribution in [2.75, 3.05) is 19.7 Å². The Balaban J connectivity index is 2.54. The molecule has 4 heteroatoms. The molecule has 2 atom stereocenters. The molecule has 18 heavy (non-hydrogen) atoms. The van der Waals surface area contributed by atoms with Crippen LogP contribution in [0.5, 0.6) is 0 Å². The van der Waals surface area contributed by atoms with Crippen molar-refractivity contribution in [1.82, 2.24) is 4.90 Å². The first-order valence-corrected chi connectivity index (χ1v) is 6.88. The zero-order valence-electron chi connectivity index (χ0n) is 12.5. The predicted molar refractivity (Wildman–Crippen MR) is 73.3 cm³/mol. The molecule has 1 fully saturated rings. The van der Waals surface area contributed by atoms with Gasteiger partial charge in [-0.15, -0.1) is 0 Å². The highest BCUT2D eigenvalue weighted by Gasteiger charge is 2.37. The third-order valence-corrected chi connectivity index (χ3v) is 3.79. The van der Waals surface area contributed by atoms with E-state index in [1.165, 1.54) is 6.42 Å². The van der Waals surface area contributed by atoms with Crippen LogP contribution in [0.25, 0.3) is 0 Å². The summed E-state index contributed by atoms with van der Waals surface area (Å²) in [5.41, 5.74) is 5.57. The van der Waals surface area contributed by atoms with Crippen LogP contribution in [0.3, 0.4) is 0 Å². The monoisotopic (exact) mass is 256 g/mol. The third-order valence-electron chi connectivity index (χ3n) is 3.79. The molecule has 1 aliphatic heterocycles. The van der Waals surface area contributed by atoms with Crippen molar-refractivity contribution in [3.05, 3.63) is 0 Å². The van der Waals surface area contributed by atoms with Crippen molar-refractivity contribution in [3.8, 4) is 0 Å². The average Bonchev–Trinajstić information content (AvgIpc) is 2.58. The maximum atomic E-state index is 11.8. The zero-order valence-corrected chi connectivity index (χ0v) is 12.5. The Morgan fingerprint density at radius 1 is 1.56 bits per heavy atom. The minimum atomic E-state index is -0.887. The number of nitrogens with two attached hydrogens (primary N) is 1. The molecular formula is C14H28N2O2. The summed E-state index contributed by atoms with van der Waals surface area (Å²) in [5.74, 6) is -0.296. The molecule has 2 N–H and O–H groups in total. The second kappa shape index (κ2) is 5.57. The molecule has 0 amide bonds. The summed E-state index contributed by atoms with van der Waals surface area (Å²) in [7, 11) is 0. The molecule has 1 rings (SSSR count). The lowest BCUT2D eigenvalue weighted by atomic mass is 9.92. The van der Waals surface area contributed by atoms with Gasteiger partial charge in [0.2, 0.25) is 0 Å². The molecule has 1 aliphatic rings. The third kappa shape index (κ3) is 3.95. The van der Waals surface area contributed by atoms with E-state index in [1.807, 2.05) is 0 Å². The molecule has 0 radical (unpaired) electrons. The molecule has 106 valence electrons. The van der Waals surface area contributed by atoms with E-state index in [0.29, 0.717) is 24.5 Å². The molecule has 0 aromatic carbocycles. The van der Waals surface area contributed by atoms with Gasteiger partial charge < -0.3 is 15.4 Å². The van der Waals surface area contributed by atoms with Crippen LogP contribution in [-0.4, -0.2) is 42.1 Å². The molecule has 2 unspecified atom stereocenters. The number of hydrogen-bond donors (Lipinski definition) is 1. The van der Waals surface area contributed by atoms with Gasteiger partial charge >= 0.3 is 5.97 Å². The molecule has 0 spiro atoms. The SMILES string of the molecule is CCOC(=O)C(C)(N)CC(C)N1CCC(C)(C)C1. The molecular weight excluding hydrogens is 228 g/mol. The van der Waals surface area contributed by atoms with Crippen LogP contribution < -0.4 is 5.73 Å². The van der Waals surface area contributed by atoms with Gasteiger partial charge in [0.1, 0.15) is 5.54 Å². The van der Waals surface area contributed by atoms with E-state index in [2.05, 4.69) is 25.7 Å². The Morgan fingerprint density at radius 2 is 2.17 bits per heavy atom. The quantitative estimate of drug-likeness (QED) is 0.762. The van der Waals surface area contributed by atoms with E-state index in [4.69, 9.17) is 10.5 Å². The topological polar surface area (TPSA) is 55.6 Å². The lowest BCUT2D eigenvalue weighted by Gasteiger charge is -2.32. The highest BCUT2D eigenvalue weighted by atomic mass is 16.5. The summed E-state index contributed by atoms with van der Waals surface area (Å²) in [4.78, 5) is 14.2. The van der Waals surface area contributed by atoms with Gasteiger partial charge in [-0.1, -0.05) is 13.8 Å². The number of ether oxygens (including phenoxy) is 1. The number of carbonyl (C=O) groups excluding carboxylic acids is 1. The predicted octanol–water partition coefficient (Wildman–Crippen LogP) is 1.78. The average molecular weight is 256 g/mol. The van der Waals surface area contributed by atoms with Gasteiger partial charge in [0.05, 0.1) is 6.61 Å². The van der Waals surface area contributed by atoms with E-state index in [-0.39, 0.29) is 5.97 Å². The summed E-state index contributed by atoms with van der Waals surface area (Å²) in [5, 5.41) is 0. The van der Waals surface area contributed by atoms with Gasteiger partial charge in [-0.3, -0.25) is 4.79 Å². The fourth-order valence-corrected chi connectivity index (χ4v) is 2.65. The largest absolute Gasteiger partial charge is 0.465 e. The van der Waals surface area contributed by atoms with Crippen molar-refractivity contribution in [2.45, 2.75) is 59.0 Å². The number of likely N-dealkylation sites (tertiary alicyclic amines) is 1. The summed E-state index contributed by atoms with van der Waals surface area (Å²) in [6.45, 7) is 12.8. The van der Waals surface area contributed by atoms with Gasteiger partial charge in [0.15, 0.2) is 0 Å². The van der Waals surface area contributed by atoms with Gasteiger partial charge in [-0.2, -0.15) is 0 Å². The molecule has 4 nitrogen and oxygen atoms in total. The molecule has 0 bridgehead atoms. The second-order valence-corrected chi connectivity index (χ2v) is 6.58. The van der Waals surface area contributed by atoms with Crippen LogP contribution in [0.15, 0.2) is 0 Å². The van der Waals surface area contributed by atoms with Gasteiger partial charge in [-0.25, -0.2) is 0 Å². The second-order valence-electron chi connectivity index (χ2n) is 6.58. The molecule has 1 heterocycles. The van der Waals surface area contributed by atoms with E-state index >= 15 is 0 Å². The highest BCUT2D eigenvalue weighted by molar-refractivity contribution is 5.80. The Labute approximate surface area is 111 Å². The van der Waals surface area contributed by atoms with Crippen LogP contribution in [0.4, 0.5) is 0 Å². The Kier molecular flexibility index (Phi) is 4.78. The van der Waals surface area contributed by atoms with E-state index < -0.39 is 5.54 Å². The lowest BCUT2D eigenvalue weighted by Crippen LogP contribution is -2.51. The molecule has 0 aromatic rings. The number of esters is 1. The number of nitrogens with zero attached hydrogens (tertiary/aromatic N) is 1. The van der Waals surface area contributed by atoms with Crippen molar-refractivity contribution in [1.29, 1.82) is 0 Å². The van der Waals surface area contributed by atoms with Crippen molar-refractivity contribution in [3.63, 3.8) is 0 Å². The summed E-state index contributed by atoms with van der Waals surface area (Å²) in [6.07, 6.45) is 1.85. The summed E-state index contributed by atoms with van der Waals surface area (Å²) in [6, 6.07) is 0.311. The fraction of sp³-hybridized carbons (Fsp3) is 0.929. The molecule has 0 aromatic heterocycles. The molecule has 0 aliphatic carbocycles. The van der Waals surface area contributed by atoms with E-state index in [1.54, 1.807) is 13.8 Å². The van der Waals surface area contributed by atoms with Crippen molar-refractivity contribution < 1.29 is 9.53 Å². The maximum absolute atomic E-state index is 11.8. The van der Waals surface area contributed by atoms with E-state index in [0.717, 1.165) is 13.1 Å². The fourth-order valence-electron chi connectivity index (χ4n) is 2.65. The first-order valence-electron chi connectivity index (χ1n) is 6.88. The number of rotatable bonds is 5. The van der Waals surface area contributed by atoms with E-state index in [9.17, 15) is 4.79 Å². The summed E-state index contributed by atoms with van der Waals surface area (Å²) >= 11 is 0. The standard InChI is InChI=1S/C14H28N2O2/c1-6-18-12(17)14(5,15)9-11(2)16-8-7-13(3,4)10-16/h11H,6-10,15H2,1-5H3. The highest BCUT2D eigenvalue weighted by Crippen LogP contribution is 2.31. The first kappa shape index (κ1) is 15.4. The smallest absolute Gasteiger partial charge is 0.325 e. The Bertz CT molecular complexity index is 300. The Morgan fingerprint density at radius 3 is 2.61 bits per heavy atom. The van der Waals surface area contributed by atoms with Crippen molar-refractivity contribution >= 4 is 5.97 Å². The van der Waals surface area contributed by atoms with Crippen LogP contribution >= 0.6 is 0 Å². The summed E-state index contributed by atoms with van der Waals surface area (Å²) < 4.78 is 5.03. The van der Waals surface area contributed by atoms with Crippen LogP contribution in [0.2, 0.25) is 0 Å². The van der Waals surface area contributed by atoms with Crippen LogP contribution in [-0.2, 0) is 9.53 Å². The van der Waals surface area contributed by atoms with Gasteiger partial charge in [0, 0.05) is 12.6 Å². The van der Waals surface area contributed by atoms with Crippen molar-refractivity contribution in [2.24, 2.45) is 11.1 Å². The molecule has 1 saturated heterocycles. The first-order chi connectivity index (χ1) is 8.18. The lowest BCUT2D eigenvalue weighted by molar-refractivity contribution is -0.149. The Hall–Kier alpha value is -0.610. The zero-order chi connectivity index (χ0) is 14.0. The minimum Gasteiger partial charge on any atom is -0.465 e. The van der Waals surface area contributed by atoms with Crippen LogP contribution in [0, 0.1) is 5.41 Å². The maximum Gasteiger partial charge on any atom is 0.325 e. The van der Waals surface area contributed by atoms with Gasteiger partial charge in [0.25, 0.3) is 0 Å². The molecule has 0 saturated carbocycles. The number of carbonyl (C=O) groups is 1. The minimum absolute atomic E-state index is 0.296.